The van der Waals surface area contributed by atoms with Crippen molar-refractivity contribution < 1.29 is 14.3 Å². The molecule has 8 nitrogen and oxygen atoms in total. The zero-order valence-electron chi connectivity index (χ0n) is 21.6. The summed E-state index contributed by atoms with van der Waals surface area (Å²) in [6, 6.07) is 16.6. The van der Waals surface area contributed by atoms with Crippen molar-refractivity contribution in [3.63, 3.8) is 0 Å². The fraction of sp³-hybridized carbons (Fsp3) is 0.429. The van der Waals surface area contributed by atoms with Gasteiger partial charge in [-0.2, -0.15) is 0 Å². The molecular weight excluding hydrogens is 456 g/mol. The highest BCUT2D eigenvalue weighted by molar-refractivity contribution is 5.82. The van der Waals surface area contributed by atoms with Gasteiger partial charge in [-0.1, -0.05) is 49.4 Å². The highest BCUT2D eigenvalue weighted by Crippen LogP contribution is 2.25. The lowest BCUT2D eigenvalue weighted by molar-refractivity contribution is -0.146. The fourth-order valence-corrected chi connectivity index (χ4v) is 4.25. The summed E-state index contributed by atoms with van der Waals surface area (Å²) < 4.78 is 6.70. The number of fused-ring (bicyclic) bond motifs is 1. The maximum atomic E-state index is 13.7. The van der Waals surface area contributed by atoms with E-state index in [4.69, 9.17) is 9.72 Å². The number of likely N-dealkylation sites (N-methyl/N-ethyl adjacent to an activating group) is 1. The lowest BCUT2D eigenvalue weighted by atomic mass is 10.1. The van der Waals surface area contributed by atoms with Crippen LogP contribution in [0.25, 0.3) is 10.9 Å². The first-order chi connectivity index (χ1) is 17.3. The third-order valence-electron chi connectivity index (χ3n) is 6.09. The van der Waals surface area contributed by atoms with E-state index in [2.05, 4.69) is 0 Å². The SMILES string of the molecule is CCOC(=O)CCC(=O)N(CCN(C)C)C(CC)c1nc2ccccc2c(=O)n1Cc1ccccc1. The second-order valence-electron chi connectivity index (χ2n) is 8.98. The lowest BCUT2D eigenvalue weighted by Gasteiger charge is -2.33. The molecule has 0 spiro atoms. The Kier molecular flexibility index (Phi) is 9.76. The summed E-state index contributed by atoms with van der Waals surface area (Å²) in [5.74, 6) is -0.00464. The van der Waals surface area contributed by atoms with Gasteiger partial charge in [0.25, 0.3) is 5.56 Å². The van der Waals surface area contributed by atoms with Gasteiger partial charge in [-0.05, 0) is 45.1 Å². The number of carbonyl (C=O) groups excluding carboxylic acids is 2. The van der Waals surface area contributed by atoms with Crippen molar-refractivity contribution in [2.24, 2.45) is 0 Å². The molecule has 36 heavy (non-hydrogen) atoms. The Labute approximate surface area is 212 Å². The van der Waals surface area contributed by atoms with Gasteiger partial charge in [-0.3, -0.25) is 19.0 Å². The number of hydrogen-bond donors (Lipinski definition) is 0. The van der Waals surface area contributed by atoms with E-state index < -0.39 is 12.0 Å². The molecule has 2 aromatic carbocycles. The number of rotatable bonds is 12. The molecule has 192 valence electrons. The molecule has 3 aromatic rings. The third kappa shape index (κ3) is 6.79. The number of aromatic nitrogens is 2. The van der Waals surface area contributed by atoms with E-state index in [9.17, 15) is 14.4 Å². The van der Waals surface area contributed by atoms with Crippen molar-refractivity contribution in [1.82, 2.24) is 19.4 Å². The molecular formula is C28H36N4O4. The second kappa shape index (κ2) is 13.0. The van der Waals surface area contributed by atoms with E-state index in [1.54, 1.807) is 22.5 Å². The monoisotopic (exact) mass is 492 g/mol. The molecule has 0 aliphatic carbocycles. The zero-order valence-corrected chi connectivity index (χ0v) is 21.6. The maximum absolute atomic E-state index is 13.7. The minimum atomic E-state index is -0.430. The molecule has 0 fully saturated rings. The number of amides is 1. The van der Waals surface area contributed by atoms with Crippen LogP contribution in [0.15, 0.2) is 59.4 Å². The van der Waals surface area contributed by atoms with Gasteiger partial charge >= 0.3 is 5.97 Å². The number of esters is 1. The number of nitrogens with zero attached hydrogens (tertiary/aromatic N) is 4. The number of para-hydroxylation sites is 1. The van der Waals surface area contributed by atoms with Crippen molar-refractivity contribution in [2.75, 3.05) is 33.8 Å². The highest BCUT2D eigenvalue weighted by Gasteiger charge is 2.29. The van der Waals surface area contributed by atoms with E-state index in [1.807, 2.05) is 74.4 Å². The molecule has 8 heteroatoms. The lowest BCUT2D eigenvalue weighted by Crippen LogP contribution is -2.42. The third-order valence-corrected chi connectivity index (χ3v) is 6.09. The van der Waals surface area contributed by atoms with Gasteiger partial charge in [-0.25, -0.2) is 4.98 Å². The summed E-state index contributed by atoms with van der Waals surface area (Å²) in [6.07, 6.45) is 0.626. The van der Waals surface area contributed by atoms with Gasteiger partial charge in [0, 0.05) is 19.5 Å². The van der Waals surface area contributed by atoms with Crippen LogP contribution in [0.2, 0.25) is 0 Å². The standard InChI is InChI=1S/C28H36N4O4/c1-5-24(31(19-18-30(3)4)25(33)16-17-26(34)36-6-2)27-29-23-15-11-10-14-22(23)28(35)32(27)20-21-12-8-7-9-13-21/h7-15,24H,5-6,16-20H2,1-4H3. The van der Waals surface area contributed by atoms with Crippen LogP contribution in [0.1, 0.15) is 50.5 Å². The van der Waals surface area contributed by atoms with E-state index in [1.165, 1.54) is 0 Å². The number of benzene rings is 2. The van der Waals surface area contributed by atoms with E-state index in [0.29, 0.717) is 42.8 Å². The molecule has 0 aliphatic heterocycles. The van der Waals surface area contributed by atoms with Crippen molar-refractivity contribution in [3.05, 3.63) is 76.3 Å². The summed E-state index contributed by atoms with van der Waals surface area (Å²) in [7, 11) is 3.89. The van der Waals surface area contributed by atoms with Crippen LogP contribution in [0.5, 0.6) is 0 Å². The van der Waals surface area contributed by atoms with Gasteiger partial charge in [0.1, 0.15) is 5.82 Å². The summed E-state index contributed by atoms with van der Waals surface area (Å²) in [5, 5.41) is 0.542. The second-order valence-corrected chi connectivity index (χ2v) is 8.98. The van der Waals surface area contributed by atoms with Gasteiger partial charge in [-0.15, -0.1) is 0 Å². The van der Waals surface area contributed by atoms with Crippen LogP contribution in [0.4, 0.5) is 0 Å². The first-order valence-electron chi connectivity index (χ1n) is 12.5. The van der Waals surface area contributed by atoms with Crippen molar-refractivity contribution in [2.45, 2.75) is 45.7 Å². The minimum absolute atomic E-state index is 0.0174. The normalized spacial score (nSPS) is 12.0. The van der Waals surface area contributed by atoms with Crippen molar-refractivity contribution in [3.8, 4) is 0 Å². The first-order valence-corrected chi connectivity index (χ1v) is 12.5. The molecule has 0 bridgehead atoms. The number of carbonyl (C=O) groups is 2. The molecule has 3 rings (SSSR count). The molecule has 1 aromatic heterocycles. The van der Waals surface area contributed by atoms with Crippen LogP contribution in [0, 0.1) is 0 Å². The summed E-state index contributed by atoms with van der Waals surface area (Å²) in [6.45, 7) is 5.44. The molecule has 1 atom stereocenters. The van der Waals surface area contributed by atoms with Crippen LogP contribution >= 0.6 is 0 Å². The minimum Gasteiger partial charge on any atom is -0.466 e. The van der Waals surface area contributed by atoms with Crippen LogP contribution in [-0.4, -0.2) is 65.0 Å². The van der Waals surface area contributed by atoms with E-state index in [-0.39, 0.29) is 30.9 Å². The quantitative estimate of drug-likeness (QED) is 0.359. The molecule has 0 saturated carbocycles. The average molecular weight is 493 g/mol. The molecule has 0 N–H and O–H groups in total. The Bertz CT molecular complexity index is 1220. The Morgan fingerprint density at radius 3 is 2.33 bits per heavy atom. The van der Waals surface area contributed by atoms with Gasteiger partial charge in [0.2, 0.25) is 5.91 Å². The summed E-state index contributed by atoms with van der Waals surface area (Å²) in [5.41, 5.74) is 1.44. The van der Waals surface area contributed by atoms with E-state index in [0.717, 1.165) is 5.56 Å². The first kappa shape index (κ1) is 27.1. The van der Waals surface area contributed by atoms with Crippen LogP contribution in [-0.2, 0) is 20.9 Å². The van der Waals surface area contributed by atoms with Gasteiger partial charge in [0.15, 0.2) is 0 Å². The molecule has 0 radical (unpaired) electrons. The Morgan fingerprint density at radius 1 is 0.972 bits per heavy atom. The van der Waals surface area contributed by atoms with Crippen LogP contribution < -0.4 is 5.56 Å². The maximum Gasteiger partial charge on any atom is 0.306 e. The van der Waals surface area contributed by atoms with Crippen molar-refractivity contribution >= 4 is 22.8 Å². The Morgan fingerprint density at radius 2 is 1.67 bits per heavy atom. The van der Waals surface area contributed by atoms with Crippen molar-refractivity contribution in [1.29, 1.82) is 0 Å². The van der Waals surface area contributed by atoms with Gasteiger partial charge in [0.05, 0.1) is 36.5 Å². The topological polar surface area (TPSA) is 84.7 Å². The smallest absolute Gasteiger partial charge is 0.306 e. The molecule has 1 heterocycles. The number of hydrogen-bond acceptors (Lipinski definition) is 6. The van der Waals surface area contributed by atoms with Crippen LogP contribution in [0.3, 0.4) is 0 Å². The molecule has 0 saturated heterocycles. The predicted octanol–water partition coefficient (Wildman–Crippen LogP) is 3.63. The number of ether oxygens (including phenoxy) is 1. The Hall–Kier alpha value is -3.52. The summed E-state index contributed by atoms with van der Waals surface area (Å²) >= 11 is 0. The average Bonchev–Trinajstić information content (AvgIpc) is 2.87. The molecule has 0 aliphatic rings. The predicted molar refractivity (Wildman–Crippen MR) is 141 cm³/mol. The Balaban J connectivity index is 2.08. The largest absolute Gasteiger partial charge is 0.466 e. The molecule has 1 unspecified atom stereocenters. The van der Waals surface area contributed by atoms with E-state index >= 15 is 0 Å². The zero-order chi connectivity index (χ0) is 26.1. The highest BCUT2D eigenvalue weighted by atomic mass is 16.5. The summed E-state index contributed by atoms with van der Waals surface area (Å²) in [4.78, 5) is 47.7. The molecule has 1 amide bonds. The fourth-order valence-electron chi connectivity index (χ4n) is 4.25. The van der Waals surface area contributed by atoms with Gasteiger partial charge < -0.3 is 14.5 Å².